The molecule has 43 valence electrons. The van der Waals surface area contributed by atoms with Gasteiger partial charge in [-0.3, -0.25) is 0 Å². The second kappa shape index (κ2) is 1.86. The average molecular weight is 113 g/mol. The van der Waals surface area contributed by atoms with Crippen LogP contribution in [0.2, 0.25) is 0 Å². The van der Waals surface area contributed by atoms with E-state index in [0.29, 0.717) is 5.76 Å². The first-order valence-electron chi connectivity index (χ1n) is 2.21. The van der Waals surface area contributed by atoms with E-state index in [2.05, 4.69) is 8.83 Å². The van der Waals surface area contributed by atoms with E-state index in [4.69, 9.17) is 0 Å². The van der Waals surface area contributed by atoms with Crippen molar-refractivity contribution in [3.8, 4) is 0 Å². The van der Waals surface area contributed by atoms with Crippen LogP contribution in [0.4, 0.5) is 0 Å². The minimum atomic E-state index is -0.655. The monoisotopic (exact) mass is 113 g/mol. The van der Waals surface area contributed by atoms with Gasteiger partial charge in [-0.2, -0.15) is 0 Å². The maximum atomic E-state index is 10.1. The highest BCUT2D eigenvalue weighted by molar-refractivity contribution is 4.97. The maximum Gasteiger partial charge on any atom is 0.518 e. The zero-order chi connectivity index (χ0) is 5.98. The highest BCUT2D eigenvalue weighted by Gasteiger charge is 1.94. The molecular formula is C5H5O3. The molecule has 1 aromatic rings. The Morgan fingerprint density at radius 3 is 2.75 bits per heavy atom. The number of rotatable bonds is 1. The van der Waals surface area contributed by atoms with Gasteiger partial charge in [-0.1, -0.05) is 6.92 Å². The Balaban J connectivity index is 3.01. The fourth-order valence-corrected chi connectivity index (χ4v) is 0.377. The summed E-state index contributed by atoms with van der Waals surface area (Å²) in [5, 5.41) is 0. The first kappa shape index (κ1) is 5.15. The molecule has 0 spiro atoms. The molecule has 1 radical (unpaired) electrons. The second-order valence-electron chi connectivity index (χ2n) is 1.28. The van der Waals surface area contributed by atoms with Gasteiger partial charge in [-0.05, 0) is 0 Å². The van der Waals surface area contributed by atoms with Gasteiger partial charge in [-0.25, -0.2) is 4.79 Å². The van der Waals surface area contributed by atoms with Crippen LogP contribution in [0.5, 0.6) is 0 Å². The molecule has 0 aromatic carbocycles. The van der Waals surface area contributed by atoms with Crippen molar-refractivity contribution in [1.29, 1.82) is 0 Å². The largest absolute Gasteiger partial charge is 0.518 e. The van der Waals surface area contributed by atoms with Crippen LogP contribution in [0, 0.1) is 6.42 Å². The van der Waals surface area contributed by atoms with Crippen molar-refractivity contribution in [2.24, 2.45) is 0 Å². The summed E-state index contributed by atoms with van der Waals surface area (Å²) in [4.78, 5) is 10.1. The van der Waals surface area contributed by atoms with E-state index in [-0.39, 0.29) is 0 Å². The van der Waals surface area contributed by atoms with E-state index in [1.165, 1.54) is 6.26 Å². The molecule has 3 nitrogen and oxygen atoms in total. The smallest absolute Gasteiger partial charge is 0.399 e. The van der Waals surface area contributed by atoms with Crippen LogP contribution in [0.15, 0.2) is 19.9 Å². The topological polar surface area (TPSA) is 43.4 Å². The van der Waals surface area contributed by atoms with Crippen molar-refractivity contribution in [1.82, 2.24) is 0 Å². The van der Waals surface area contributed by atoms with Gasteiger partial charge in [0, 0.05) is 6.42 Å². The number of hydrogen-bond donors (Lipinski definition) is 0. The molecule has 0 amide bonds. The van der Waals surface area contributed by atoms with Gasteiger partial charge in [0.15, 0.2) is 0 Å². The van der Waals surface area contributed by atoms with Crippen molar-refractivity contribution in [2.75, 3.05) is 0 Å². The third kappa shape index (κ3) is 0.804. The van der Waals surface area contributed by atoms with Crippen molar-refractivity contribution in [2.45, 2.75) is 6.92 Å². The molecule has 1 rings (SSSR count). The van der Waals surface area contributed by atoms with Crippen molar-refractivity contribution in [3.63, 3.8) is 0 Å². The van der Waals surface area contributed by atoms with E-state index < -0.39 is 5.82 Å². The first-order chi connectivity index (χ1) is 3.83. The van der Waals surface area contributed by atoms with E-state index in [0.717, 1.165) is 0 Å². The molecular weight excluding hydrogens is 108 g/mol. The van der Waals surface area contributed by atoms with Crippen LogP contribution in [0.3, 0.4) is 0 Å². The minimum absolute atomic E-state index is 0.468. The van der Waals surface area contributed by atoms with Crippen molar-refractivity contribution >= 4 is 0 Å². The minimum Gasteiger partial charge on any atom is -0.399 e. The summed E-state index contributed by atoms with van der Waals surface area (Å²) >= 11 is 0. The molecule has 3 heteroatoms. The molecule has 0 bridgehead atoms. The van der Waals surface area contributed by atoms with Crippen LogP contribution in [0.25, 0.3) is 0 Å². The van der Waals surface area contributed by atoms with E-state index in [1.54, 1.807) is 13.3 Å². The second-order valence-corrected chi connectivity index (χ2v) is 1.28. The third-order valence-electron chi connectivity index (χ3n) is 0.757. The van der Waals surface area contributed by atoms with Gasteiger partial charge in [0.05, 0.1) is 0 Å². The predicted molar refractivity (Wildman–Crippen MR) is 26.3 cm³/mol. The SMILES string of the molecule is C[CH]c1coc(=O)o1. The molecule has 8 heavy (non-hydrogen) atoms. The molecule has 0 aliphatic heterocycles. The van der Waals surface area contributed by atoms with Crippen LogP contribution < -0.4 is 5.82 Å². The quantitative estimate of drug-likeness (QED) is 0.541. The Kier molecular flexibility index (Phi) is 1.20. The van der Waals surface area contributed by atoms with Crippen molar-refractivity contribution in [3.05, 3.63) is 29.1 Å². The molecule has 1 aromatic heterocycles. The molecule has 0 unspecified atom stereocenters. The lowest BCUT2D eigenvalue weighted by atomic mass is 10.4. The molecule has 1 heterocycles. The molecule has 0 fully saturated rings. The zero-order valence-electron chi connectivity index (χ0n) is 4.38. The van der Waals surface area contributed by atoms with E-state index in [9.17, 15) is 4.79 Å². The molecule has 0 aliphatic carbocycles. The normalized spacial score (nSPS) is 9.62. The third-order valence-corrected chi connectivity index (χ3v) is 0.757. The standard InChI is InChI=1S/C5H5O3/c1-2-4-3-7-5(6)8-4/h2-3H,1H3. The lowest BCUT2D eigenvalue weighted by molar-refractivity contribution is 0.380. The Hall–Kier alpha value is -0.990. The summed E-state index contributed by atoms with van der Waals surface area (Å²) in [6.45, 7) is 1.76. The number of hydrogen-bond acceptors (Lipinski definition) is 3. The summed E-state index contributed by atoms with van der Waals surface area (Å²) in [6, 6.07) is 0. The molecule has 0 saturated carbocycles. The first-order valence-corrected chi connectivity index (χ1v) is 2.21. The summed E-state index contributed by atoms with van der Waals surface area (Å²) < 4.78 is 8.76. The molecule has 0 N–H and O–H groups in total. The Morgan fingerprint density at radius 2 is 2.50 bits per heavy atom. The van der Waals surface area contributed by atoms with Gasteiger partial charge < -0.3 is 8.83 Å². The Morgan fingerprint density at radius 1 is 1.75 bits per heavy atom. The zero-order valence-corrected chi connectivity index (χ0v) is 4.38. The summed E-state index contributed by atoms with van der Waals surface area (Å²) in [5.41, 5.74) is 0. The highest BCUT2D eigenvalue weighted by Crippen LogP contribution is 1.95. The predicted octanol–water partition coefficient (Wildman–Crippen LogP) is 0.805. The molecule has 0 saturated heterocycles. The lowest BCUT2D eigenvalue weighted by Gasteiger charge is -1.74. The average Bonchev–Trinajstić information content (AvgIpc) is 2.14. The van der Waals surface area contributed by atoms with Crippen LogP contribution in [-0.4, -0.2) is 0 Å². The lowest BCUT2D eigenvalue weighted by Crippen LogP contribution is -1.85. The van der Waals surface area contributed by atoms with Gasteiger partial charge in [0.1, 0.15) is 12.0 Å². The van der Waals surface area contributed by atoms with Gasteiger partial charge >= 0.3 is 5.82 Å². The highest BCUT2D eigenvalue weighted by atomic mass is 16.6. The fourth-order valence-electron chi connectivity index (χ4n) is 0.377. The van der Waals surface area contributed by atoms with E-state index >= 15 is 0 Å². The van der Waals surface area contributed by atoms with Crippen molar-refractivity contribution < 1.29 is 8.83 Å². The summed E-state index contributed by atoms with van der Waals surface area (Å²) in [7, 11) is 0. The van der Waals surface area contributed by atoms with Gasteiger partial charge in [0.25, 0.3) is 0 Å². The van der Waals surface area contributed by atoms with Crippen LogP contribution in [-0.2, 0) is 0 Å². The Labute approximate surface area is 45.9 Å². The molecule has 0 aliphatic rings. The Bertz CT molecular complexity index is 207. The van der Waals surface area contributed by atoms with E-state index in [1.807, 2.05) is 0 Å². The fraction of sp³-hybridized carbons (Fsp3) is 0.200. The van der Waals surface area contributed by atoms with Gasteiger partial charge in [-0.15, -0.1) is 0 Å². The van der Waals surface area contributed by atoms with Gasteiger partial charge in [0.2, 0.25) is 0 Å². The summed E-state index contributed by atoms with van der Waals surface area (Å²) in [6.07, 6.45) is 2.91. The maximum absolute atomic E-state index is 10.1. The van der Waals surface area contributed by atoms with Crippen LogP contribution >= 0.6 is 0 Å². The summed E-state index contributed by atoms with van der Waals surface area (Å²) in [5.74, 6) is -0.187. The van der Waals surface area contributed by atoms with Crippen LogP contribution in [0.1, 0.15) is 12.7 Å². The molecule has 0 atom stereocenters.